The lowest BCUT2D eigenvalue weighted by Gasteiger charge is -2.43. The van der Waals surface area contributed by atoms with E-state index in [1.807, 2.05) is 17.9 Å². The van der Waals surface area contributed by atoms with Crippen molar-refractivity contribution in [3.63, 3.8) is 0 Å². The number of hydrogen-bond donors (Lipinski definition) is 1. The Kier molecular flexibility index (Phi) is 3.07. The molecule has 4 heteroatoms. The van der Waals surface area contributed by atoms with Crippen LogP contribution >= 0.6 is 0 Å². The molecule has 2 heterocycles. The lowest BCUT2D eigenvalue weighted by Crippen LogP contribution is -2.48. The Morgan fingerprint density at radius 1 is 1.47 bits per heavy atom. The Bertz CT molecular complexity index is 586. The molecule has 4 nitrogen and oxygen atoms in total. The first-order valence-corrected chi connectivity index (χ1v) is 6.84. The van der Waals surface area contributed by atoms with Crippen molar-refractivity contribution in [2.75, 3.05) is 19.8 Å². The summed E-state index contributed by atoms with van der Waals surface area (Å²) in [6.07, 6.45) is 2.95. The van der Waals surface area contributed by atoms with Crippen molar-refractivity contribution in [3.8, 4) is 0 Å². The number of aromatic nitrogens is 2. The third kappa shape index (κ3) is 2.05. The Balaban J connectivity index is 1.97. The summed E-state index contributed by atoms with van der Waals surface area (Å²) in [5.74, 6) is 0.517. The molecule has 0 bridgehead atoms. The van der Waals surface area contributed by atoms with E-state index in [9.17, 15) is 0 Å². The second-order valence-electron chi connectivity index (χ2n) is 5.88. The van der Waals surface area contributed by atoms with Crippen LogP contribution in [0.15, 0.2) is 24.5 Å². The molecule has 1 saturated heterocycles. The Morgan fingerprint density at radius 3 is 2.89 bits per heavy atom. The summed E-state index contributed by atoms with van der Waals surface area (Å²) in [5, 5.41) is 0. The molecule has 1 aliphatic heterocycles. The number of rotatable bonds is 4. The summed E-state index contributed by atoms with van der Waals surface area (Å²) < 4.78 is 7.54. The summed E-state index contributed by atoms with van der Waals surface area (Å²) >= 11 is 0. The minimum atomic E-state index is 0.143. The third-order valence-electron chi connectivity index (χ3n) is 4.24. The smallest absolute Gasteiger partial charge is 0.0955 e. The van der Waals surface area contributed by atoms with E-state index in [1.165, 1.54) is 11.1 Å². The van der Waals surface area contributed by atoms with E-state index in [1.54, 1.807) is 0 Å². The maximum atomic E-state index is 5.77. The topological polar surface area (TPSA) is 53.1 Å². The van der Waals surface area contributed by atoms with Gasteiger partial charge >= 0.3 is 0 Å². The van der Waals surface area contributed by atoms with Gasteiger partial charge in [0.05, 0.1) is 30.6 Å². The molecule has 1 atom stereocenters. The quantitative estimate of drug-likeness (QED) is 0.911. The molecule has 1 aliphatic rings. The third-order valence-corrected chi connectivity index (χ3v) is 4.24. The van der Waals surface area contributed by atoms with Gasteiger partial charge in [-0.3, -0.25) is 0 Å². The molecule has 1 aromatic carbocycles. The number of fused-ring (bicyclic) bond motifs is 1. The van der Waals surface area contributed by atoms with Gasteiger partial charge in [-0.05, 0) is 36.6 Å². The standard InChI is InChI=1S/C15H21N3O/c1-11(7-16)6-15(8-19-9-15)12-3-4-14-13(5-12)17-10-18(14)2/h3-5,10-11H,6-9,16H2,1-2H3. The maximum Gasteiger partial charge on any atom is 0.0955 e. The minimum Gasteiger partial charge on any atom is -0.379 e. The lowest BCUT2D eigenvalue weighted by atomic mass is 9.72. The van der Waals surface area contributed by atoms with E-state index in [0.29, 0.717) is 5.92 Å². The SMILES string of the molecule is CC(CN)CC1(c2ccc3c(c2)ncn3C)COC1. The van der Waals surface area contributed by atoms with Crippen LogP contribution in [0.4, 0.5) is 0 Å². The highest BCUT2D eigenvalue weighted by atomic mass is 16.5. The average molecular weight is 259 g/mol. The molecule has 19 heavy (non-hydrogen) atoms. The fourth-order valence-corrected chi connectivity index (χ4v) is 2.97. The minimum absolute atomic E-state index is 0.143. The molecular formula is C15H21N3O. The van der Waals surface area contributed by atoms with E-state index < -0.39 is 0 Å². The van der Waals surface area contributed by atoms with Gasteiger partial charge in [0.25, 0.3) is 0 Å². The highest BCUT2D eigenvalue weighted by Gasteiger charge is 2.41. The number of nitrogens with zero attached hydrogens (tertiary/aromatic N) is 2. The highest BCUT2D eigenvalue weighted by Crippen LogP contribution is 2.39. The van der Waals surface area contributed by atoms with E-state index in [2.05, 4.69) is 30.1 Å². The molecule has 0 radical (unpaired) electrons. The molecule has 0 spiro atoms. The van der Waals surface area contributed by atoms with Gasteiger partial charge in [0.1, 0.15) is 0 Å². The van der Waals surface area contributed by atoms with Crippen LogP contribution < -0.4 is 5.73 Å². The lowest BCUT2D eigenvalue weighted by molar-refractivity contribution is -0.0701. The van der Waals surface area contributed by atoms with Crippen molar-refractivity contribution in [2.24, 2.45) is 18.7 Å². The van der Waals surface area contributed by atoms with Crippen molar-refractivity contribution < 1.29 is 4.74 Å². The van der Waals surface area contributed by atoms with E-state index in [4.69, 9.17) is 10.5 Å². The molecule has 2 aromatic rings. The van der Waals surface area contributed by atoms with Gasteiger partial charge in [0.2, 0.25) is 0 Å². The Morgan fingerprint density at radius 2 is 2.26 bits per heavy atom. The van der Waals surface area contributed by atoms with Crippen molar-refractivity contribution >= 4 is 11.0 Å². The van der Waals surface area contributed by atoms with Crippen LogP contribution in [0.2, 0.25) is 0 Å². The maximum absolute atomic E-state index is 5.77. The van der Waals surface area contributed by atoms with Crippen LogP contribution in [-0.4, -0.2) is 29.3 Å². The zero-order valence-corrected chi connectivity index (χ0v) is 11.6. The molecule has 1 unspecified atom stereocenters. The first-order chi connectivity index (χ1) is 9.14. The van der Waals surface area contributed by atoms with E-state index in [-0.39, 0.29) is 5.41 Å². The van der Waals surface area contributed by atoms with Crippen LogP contribution in [0.25, 0.3) is 11.0 Å². The number of aryl methyl sites for hydroxylation is 1. The molecule has 0 aliphatic carbocycles. The zero-order chi connectivity index (χ0) is 13.5. The number of benzene rings is 1. The summed E-state index contributed by atoms with van der Waals surface area (Å²) in [7, 11) is 2.02. The molecule has 2 N–H and O–H groups in total. The number of hydrogen-bond acceptors (Lipinski definition) is 3. The second kappa shape index (κ2) is 4.62. The first kappa shape index (κ1) is 12.6. The molecule has 1 fully saturated rings. The van der Waals surface area contributed by atoms with Gasteiger partial charge in [-0.2, -0.15) is 0 Å². The van der Waals surface area contributed by atoms with Gasteiger partial charge in [-0.1, -0.05) is 13.0 Å². The van der Waals surface area contributed by atoms with Gasteiger partial charge in [-0.15, -0.1) is 0 Å². The van der Waals surface area contributed by atoms with Crippen molar-refractivity contribution in [2.45, 2.75) is 18.8 Å². The van der Waals surface area contributed by atoms with E-state index >= 15 is 0 Å². The van der Waals surface area contributed by atoms with Crippen molar-refractivity contribution in [1.29, 1.82) is 0 Å². The molecular weight excluding hydrogens is 238 g/mol. The van der Waals surface area contributed by atoms with E-state index in [0.717, 1.165) is 31.7 Å². The predicted octanol–water partition coefficient (Wildman–Crippen LogP) is 1.83. The molecule has 1 aromatic heterocycles. The fourth-order valence-electron chi connectivity index (χ4n) is 2.97. The number of ether oxygens (including phenoxy) is 1. The van der Waals surface area contributed by atoms with Crippen molar-refractivity contribution in [1.82, 2.24) is 9.55 Å². The molecule has 102 valence electrons. The molecule has 3 rings (SSSR count). The second-order valence-corrected chi connectivity index (χ2v) is 5.88. The van der Waals surface area contributed by atoms with Gasteiger partial charge < -0.3 is 15.0 Å². The van der Waals surface area contributed by atoms with Crippen LogP contribution in [0.5, 0.6) is 0 Å². The highest BCUT2D eigenvalue weighted by molar-refractivity contribution is 5.76. The average Bonchev–Trinajstić information content (AvgIpc) is 2.75. The predicted molar refractivity (Wildman–Crippen MR) is 76.0 cm³/mol. The normalized spacial score (nSPS) is 19.3. The molecule has 0 amide bonds. The fraction of sp³-hybridized carbons (Fsp3) is 0.533. The monoisotopic (exact) mass is 259 g/mol. The van der Waals surface area contributed by atoms with Crippen LogP contribution in [0, 0.1) is 5.92 Å². The summed E-state index contributed by atoms with van der Waals surface area (Å²) in [4.78, 5) is 4.45. The summed E-state index contributed by atoms with van der Waals surface area (Å²) in [5.41, 5.74) is 9.49. The molecule has 0 saturated carbocycles. The van der Waals surface area contributed by atoms with Crippen LogP contribution in [0.3, 0.4) is 0 Å². The van der Waals surface area contributed by atoms with Gasteiger partial charge in [0.15, 0.2) is 0 Å². The van der Waals surface area contributed by atoms with Crippen LogP contribution in [0.1, 0.15) is 18.9 Å². The van der Waals surface area contributed by atoms with Crippen molar-refractivity contribution in [3.05, 3.63) is 30.1 Å². The number of imidazole rings is 1. The Hall–Kier alpha value is -1.39. The van der Waals surface area contributed by atoms with Crippen LogP contribution in [-0.2, 0) is 17.2 Å². The number of nitrogens with two attached hydrogens (primary N) is 1. The summed E-state index contributed by atoms with van der Waals surface area (Å²) in [6.45, 7) is 4.54. The Labute approximate surface area is 113 Å². The largest absolute Gasteiger partial charge is 0.379 e. The first-order valence-electron chi connectivity index (χ1n) is 6.84. The zero-order valence-electron chi connectivity index (χ0n) is 11.6. The van der Waals surface area contributed by atoms with Gasteiger partial charge in [-0.25, -0.2) is 4.98 Å². The summed E-state index contributed by atoms with van der Waals surface area (Å²) in [6, 6.07) is 6.59. The van der Waals surface area contributed by atoms with Gasteiger partial charge in [0, 0.05) is 12.5 Å².